The van der Waals surface area contributed by atoms with Crippen molar-refractivity contribution in [1.82, 2.24) is 0 Å². The Balaban J connectivity index is 2.48. The molecule has 58 valence electrons. The summed E-state index contributed by atoms with van der Waals surface area (Å²) in [7, 11) is 0. The van der Waals surface area contributed by atoms with Crippen LogP contribution < -0.4 is 0 Å². The maximum absolute atomic E-state index is 8.59. The molecule has 5 heteroatoms. The zero-order chi connectivity index (χ0) is 7.56. The zero-order valence-corrected chi connectivity index (χ0v) is 6.64. The minimum Gasteiger partial charge on any atom is -0.477 e. The Kier molecular flexibility index (Phi) is 2.77. The molecule has 0 unspecified atom stereocenters. The standard InChI is InChI=1S/C5H7Cl2NO2/c6-4(7)5-8-3(1-9)2-10-5/h3-4,9H,1-2H2/t3-/m1/s1. The number of halogens is 2. The van der Waals surface area contributed by atoms with Crippen LogP contribution in [0.5, 0.6) is 0 Å². The summed E-state index contributed by atoms with van der Waals surface area (Å²) in [4.78, 5) is 3.18. The van der Waals surface area contributed by atoms with E-state index in [9.17, 15) is 0 Å². The first-order valence-corrected chi connectivity index (χ1v) is 3.71. The van der Waals surface area contributed by atoms with Crippen LogP contribution in [0.4, 0.5) is 0 Å². The number of alkyl halides is 2. The predicted octanol–water partition coefficient (Wildman–Crippen LogP) is 0.580. The SMILES string of the molecule is OC[C@@H]1COC(C(Cl)Cl)=N1. The van der Waals surface area contributed by atoms with Crippen molar-refractivity contribution >= 4 is 29.1 Å². The molecule has 0 aromatic heterocycles. The van der Waals surface area contributed by atoms with Gasteiger partial charge in [-0.1, -0.05) is 23.2 Å². The fraction of sp³-hybridized carbons (Fsp3) is 0.800. The van der Waals surface area contributed by atoms with Crippen LogP contribution in [0.25, 0.3) is 0 Å². The van der Waals surface area contributed by atoms with Gasteiger partial charge in [0.2, 0.25) is 5.90 Å². The van der Waals surface area contributed by atoms with E-state index in [0.717, 1.165) is 0 Å². The number of hydrogen-bond acceptors (Lipinski definition) is 3. The molecule has 3 nitrogen and oxygen atoms in total. The average Bonchev–Trinajstić information content (AvgIpc) is 2.34. The van der Waals surface area contributed by atoms with Crippen LogP contribution in [0.1, 0.15) is 0 Å². The van der Waals surface area contributed by atoms with Gasteiger partial charge in [0.1, 0.15) is 12.6 Å². The third kappa shape index (κ3) is 1.75. The van der Waals surface area contributed by atoms with Gasteiger partial charge in [0.05, 0.1) is 6.61 Å². The summed E-state index contributed by atoms with van der Waals surface area (Å²) in [6, 6.07) is -0.185. The largest absolute Gasteiger partial charge is 0.477 e. The van der Waals surface area contributed by atoms with E-state index < -0.39 is 4.84 Å². The zero-order valence-electron chi connectivity index (χ0n) is 5.13. The van der Waals surface area contributed by atoms with Crippen LogP contribution in [0.15, 0.2) is 4.99 Å². The highest BCUT2D eigenvalue weighted by atomic mass is 35.5. The second-order valence-corrected chi connectivity index (χ2v) is 3.01. The Hall–Kier alpha value is 0.01000. The van der Waals surface area contributed by atoms with Crippen molar-refractivity contribution in [2.45, 2.75) is 10.9 Å². The van der Waals surface area contributed by atoms with Gasteiger partial charge in [-0.05, 0) is 0 Å². The maximum atomic E-state index is 8.59. The maximum Gasteiger partial charge on any atom is 0.218 e. The normalized spacial score (nSPS) is 24.8. The molecule has 0 aromatic carbocycles. The minimum absolute atomic E-state index is 0.0238. The van der Waals surface area contributed by atoms with Gasteiger partial charge in [0, 0.05) is 0 Å². The lowest BCUT2D eigenvalue weighted by atomic mass is 10.4. The molecule has 1 N–H and O–H groups in total. The van der Waals surface area contributed by atoms with Gasteiger partial charge >= 0.3 is 0 Å². The van der Waals surface area contributed by atoms with Crippen molar-refractivity contribution in [2.75, 3.05) is 13.2 Å². The van der Waals surface area contributed by atoms with Gasteiger partial charge in [-0.3, -0.25) is 0 Å². The van der Waals surface area contributed by atoms with Crippen LogP contribution in [0, 0.1) is 0 Å². The second-order valence-electron chi connectivity index (χ2n) is 1.92. The first-order chi connectivity index (χ1) is 4.74. The Labute approximate surface area is 68.6 Å². The first kappa shape index (κ1) is 8.11. The molecule has 0 radical (unpaired) electrons. The van der Waals surface area contributed by atoms with Gasteiger partial charge in [-0.2, -0.15) is 0 Å². The highest BCUT2D eigenvalue weighted by Crippen LogP contribution is 2.13. The van der Waals surface area contributed by atoms with E-state index in [1.807, 2.05) is 0 Å². The molecule has 1 aliphatic rings. The van der Waals surface area contributed by atoms with Crippen molar-refractivity contribution in [3.8, 4) is 0 Å². The van der Waals surface area contributed by atoms with Crippen molar-refractivity contribution in [3.05, 3.63) is 0 Å². The summed E-state index contributed by atoms with van der Waals surface area (Å²) in [6.07, 6.45) is 0. The summed E-state index contributed by atoms with van der Waals surface area (Å²) in [6.45, 7) is 0.353. The van der Waals surface area contributed by atoms with Crippen molar-refractivity contribution < 1.29 is 9.84 Å². The van der Waals surface area contributed by atoms with Gasteiger partial charge in [0.25, 0.3) is 0 Å². The summed E-state index contributed by atoms with van der Waals surface area (Å²) in [5, 5.41) is 8.59. The van der Waals surface area contributed by atoms with Gasteiger partial charge in [-0.15, -0.1) is 0 Å². The Bertz CT molecular complexity index is 149. The molecule has 10 heavy (non-hydrogen) atoms. The summed E-state index contributed by atoms with van der Waals surface area (Å²) in [5.41, 5.74) is 0. The number of rotatable bonds is 2. The lowest BCUT2D eigenvalue weighted by molar-refractivity contribution is 0.227. The average molecular weight is 184 g/mol. The molecular formula is C5H7Cl2NO2. The monoisotopic (exact) mass is 183 g/mol. The molecular weight excluding hydrogens is 177 g/mol. The molecule has 1 aliphatic heterocycles. The van der Waals surface area contributed by atoms with Crippen LogP contribution in [0.3, 0.4) is 0 Å². The van der Waals surface area contributed by atoms with Crippen molar-refractivity contribution in [2.24, 2.45) is 4.99 Å². The van der Waals surface area contributed by atoms with Gasteiger partial charge in [0.15, 0.2) is 4.84 Å². The molecule has 0 amide bonds. The number of aliphatic hydroxyl groups is 1. The first-order valence-electron chi connectivity index (χ1n) is 2.83. The van der Waals surface area contributed by atoms with E-state index in [0.29, 0.717) is 12.5 Å². The molecule has 0 fully saturated rings. The van der Waals surface area contributed by atoms with Crippen molar-refractivity contribution in [3.63, 3.8) is 0 Å². The Morgan fingerprint density at radius 1 is 1.80 bits per heavy atom. The molecule has 0 spiro atoms. The van der Waals surface area contributed by atoms with Crippen LogP contribution >= 0.6 is 23.2 Å². The van der Waals surface area contributed by atoms with Crippen LogP contribution in [0.2, 0.25) is 0 Å². The molecule has 1 heterocycles. The highest BCUT2D eigenvalue weighted by Gasteiger charge is 2.21. The third-order valence-corrected chi connectivity index (χ3v) is 1.50. The number of aliphatic imine (C=N–C) groups is 1. The van der Waals surface area contributed by atoms with E-state index >= 15 is 0 Å². The van der Waals surface area contributed by atoms with E-state index in [-0.39, 0.29) is 12.6 Å². The lowest BCUT2D eigenvalue weighted by Gasteiger charge is -1.98. The number of aliphatic hydroxyl groups excluding tert-OH is 1. The van der Waals surface area contributed by atoms with Crippen LogP contribution in [-0.2, 0) is 4.74 Å². The third-order valence-electron chi connectivity index (χ3n) is 1.13. The van der Waals surface area contributed by atoms with Crippen LogP contribution in [-0.4, -0.2) is 35.1 Å². The molecule has 1 rings (SSSR count). The smallest absolute Gasteiger partial charge is 0.218 e. The Morgan fingerprint density at radius 2 is 2.50 bits per heavy atom. The molecule has 0 saturated carbocycles. The van der Waals surface area contributed by atoms with Gasteiger partial charge < -0.3 is 9.84 Å². The second kappa shape index (κ2) is 3.42. The van der Waals surface area contributed by atoms with Crippen molar-refractivity contribution in [1.29, 1.82) is 0 Å². The highest BCUT2D eigenvalue weighted by molar-refractivity contribution is 6.53. The number of hydrogen-bond donors (Lipinski definition) is 1. The minimum atomic E-state index is -0.712. The van der Waals surface area contributed by atoms with E-state index in [4.69, 9.17) is 33.0 Å². The fourth-order valence-corrected chi connectivity index (χ4v) is 0.888. The van der Waals surface area contributed by atoms with E-state index in [1.165, 1.54) is 0 Å². The molecule has 0 aromatic rings. The number of ether oxygens (including phenoxy) is 1. The quantitative estimate of drug-likeness (QED) is 0.637. The fourth-order valence-electron chi connectivity index (χ4n) is 0.649. The van der Waals surface area contributed by atoms with E-state index in [1.54, 1.807) is 0 Å². The summed E-state index contributed by atoms with van der Waals surface area (Å²) < 4.78 is 4.94. The summed E-state index contributed by atoms with van der Waals surface area (Å²) in [5.74, 6) is 0.308. The molecule has 0 saturated heterocycles. The predicted molar refractivity (Wildman–Crippen MR) is 39.8 cm³/mol. The molecule has 0 bridgehead atoms. The topological polar surface area (TPSA) is 41.8 Å². The Morgan fingerprint density at radius 3 is 2.80 bits per heavy atom. The van der Waals surface area contributed by atoms with E-state index in [2.05, 4.69) is 4.99 Å². The molecule has 1 atom stereocenters. The number of nitrogens with zero attached hydrogens (tertiary/aromatic N) is 1. The van der Waals surface area contributed by atoms with Gasteiger partial charge in [-0.25, -0.2) is 4.99 Å². The molecule has 0 aliphatic carbocycles. The summed E-state index contributed by atoms with van der Waals surface area (Å²) >= 11 is 10.9. The lowest BCUT2D eigenvalue weighted by Crippen LogP contribution is -2.10.